The van der Waals surface area contributed by atoms with Gasteiger partial charge in [0, 0.05) is 23.9 Å². The van der Waals surface area contributed by atoms with Crippen LogP contribution < -0.4 is 5.32 Å². The number of nitrogens with zero attached hydrogens (tertiary/aromatic N) is 2. The van der Waals surface area contributed by atoms with E-state index in [1.54, 1.807) is 0 Å². The van der Waals surface area contributed by atoms with Crippen molar-refractivity contribution < 1.29 is 35.5 Å². The molecule has 1 aliphatic heterocycles. The lowest BCUT2D eigenvalue weighted by atomic mass is 10.1. The number of aromatic nitrogens is 1. The Morgan fingerprint density at radius 2 is 1.93 bits per heavy atom. The highest BCUT2D eigenvalue weighted by atomic mass is 32.1. The number of hydrogen-bond donors (Lipinski definition) is 1. The van der Waals surface area contributed by atoms with Gasteiger partial charge in [0.15, 0.2) is 5.13 Å². The van der Waals surface area contributed by atoms with Crippen LogP contribution in [-0.4, -0.2) is 34.6 Å². The van der Waals surface area contributed by atoms with Crippen molar-refractivity contribution in [2.75, 3.05) is 11.9 Å². The number of nitrogens with one attached hydrogen (secondary N) is 1. The fraction of sp³-hybridized carbons (Fsp3) is 0.444. The molecule has 0 unspecified atom stereocenters. The molecule has 1 saturated heterocycles. The Morgan fingerprint density at radius 1 is 1.23 bits per heavy atom. The monoisotopic (exact) mass is 455 g/mol. The number of hydrogen-bond acceptors (Lipinski definition) is 4. The SMILES string of the molecule is CC(=O)Nc1nc(-c2cc(F)cc(C(F)(F)F)c2)c(CN2CCC[C@H]2C(F)(F)F)s1. The summed E-state index contributed by atoms with van der Waals surface area (Å²) >= 11 is 0.846. The van der Waals surface area contributed by atoms with E-state index >= 15 is 0 Å². The minimum absolute atomic E-state index is 0.00748. The third kappa shape index (κ3) is 5.09. The second-order valence-corrected chi connectivity index (χ2v) is 7.95. The summed E-state index contributed by atoms with van der Waals surface area (Å²) in [5, 5.41) is 2.38. The maximum Gasteiger partial charge on any atom is 0.416 e. The smallest absolute Gasteiger partial charge is 0.302 e. The first-order valence-corrected chi connectivity index (χ1v) is 9.62. The zero-order valence-corrected chi connectivity index (χ0v) is 16.3. The Bertz CT molecular complexity index is 939. The molecule has 1 aliphatic rings. The number of thiazole rings is 1. The number of likely N-dealkylation sites (tertiary alicyclic amines) is 1. The normalized spacial score (nSPS) is 18.1. The van der Waals surface area contributed by atoms with Gasteiger partial charge in [-0.25, -0.2) is 9.37 Å². The summed E-state index contributed by atoms with van der Waals surface area (Å²) in [5.74, 6) is -1.67. The molecule has 0 aliphatic carbocycles. The summed E-state index contributed by atoms with van der Waals surface area (Å²) in [6, 6.07) is 0.153. The van der Waals surface area contributed by atoms with Crippen LogP contribution in [0.1, 0.15) is 30.2 Å². The zero-order chi connectivity index (χ0) is 22.3. The number of carbonyl (C=O) groups is 1. The maximum absolute atomic E-state index is 13.9. The van der Waals surface area contributed by atoms with Gasteiger partial charge in [0.1, 0.15) is 11.9 Å². The maximum atomic E-state index is 13.9. The molecule has 1 fully saturated rings. The molecule has 0 saturated carbocycles. The summed E-state index contributed by atoms with van der Waals surface area (Å²) in [5.41, 5.74) is -1.57. The van der Waals surface area contributed by atoms with E-state index in [2.05, 4.69) is 10.3 Å². The predicted octanol–water partition coefficient (Wildman–Crippen LogP) is 5.45. The number of rotatable bonds is 4. The van der Waals surface area contributed by atoms with Crippen molar-refractivity contribution in [3.63, 3.8) is 0 Å². The zero-order valence-electron chi connectivity index (χ0n) is 15.5. The molecule has 1 aromatic carbocycles. The van der Waals surface area contributed by atoms with Crippen LogP contribution in [0.15, 0.2) is 18.2 Å². The molecule has 30 heavy (non-hydrogen) atoms. The predicted molar refractivity (Wildman–Crippen MR) is 96.3 cm³/mol. The third-order valence-corrected chi connectivity index (χ3v) is 5.52. The van der Waals surface area contributed by atoms with Crippen molar-refractivity contribution in [2.24, 2.45) is 0 Å². The fourth-order valence-corrected chi connectivity index (χ4v) is 4.40. The van der Waals surface area contributed by atoms with Gasteiger partial charge in [0.25, 0.3) is 0 Å². The third-order valence-electron chi connectivity index (χ3n) is 4.57. The van der Waals surface area contributed by atoms with Crippen LogP contribution in [0.5, 0.6) is 0 Å². The average molecular weight is 455 g/mol. The molecule has 0 bridgehead atoms. The highest BCUT2D eigenvalue weighted by Crippen LogP contribution is 2.39. The van der Waals surface area contributed by atoms with Gasteiger partial charge < -0.3 is 5.32 Å². The van der Waals surface area contributed by atoms with E-state index in [-0.39, 0.29) is 40.8 Å². The standard InChI is InChI=1S/C18H16F7N3OS/c1-9(29)26-16-27-15(10-5-11(17(20,21)22)7-12(19)6-10)13(30-16)8-28-4-2-3-14(28)18(23,24)25/h5-7,14H,2-4,8H2,1H3,(H,26,27,29)/t14-/m0/s1. The molecule has 2 heterocycles. The first-order valence-electron chi connectivity index (χ1n) is 8.81. The van der Waals surface area contributed by atoms with Crippen molar-refractivity contribution >= 4 is 22.4 Å². The van der Waals surface area contributed by atoms with Gasteiger partial charge in [0.05, 0.1) is 11.3 Å². The second kappa shape index (κ2) is 8.14. The van der Waals surface area contributed by atoms with Gasteiger partial charge >= 0.3 is 12.4 Å². The van der Waals surface area contributed by atoms with Crippen molar-refractivity contribution in [3.8, 4) is 11.3 Å². The van der Waals surface area contributed by atoms with Crippen LogP contribution in [0.25, 0.3) is 11.3 Å². The van der Waals surface area contributed by atoms with Crippen LogP contribution in [0.4, 0.5) is 35.9 Å². The molecule has 0 radical (unpaired) electrons. The Balaban J connectivity index is 2.03. The molecule has 2 aromatic rings. The van der Waals surface area contributed by atoms with Crippen molar-refractivity contribution in [3.05, 3.63) is 34.5 Å². The van der Waals surface area contributed by atoms with E-state index < -0.39 is 35.7 Å². The number of carbonyl (C=O) groups excluding carboxylic acids is 1. The number of halogens is 7. The molecular weight excluding hydrogens is 439 g/mol. The summed E-state index contributed by atoms with van der Waals surface area (Å²) in [6.45, 7) is 1.09. The molecule has 164 valence electrons. The number of anilines is 1. The lowest BCUT2D eigenvalue weighted by Crippen LogP contribution is -2.40. The summed E-state index contributed by atoms with van der Waals surface area (Å²) in [7, 11) is 0. The van der Waals surface area contributed by atoms with E-state index in [0.29, 0.717) is 18.6 Å². The van der Waals surface area contributed by atoms with Crippen LogP contribution in [0.3, 0.4) is 0 Å². The Hall–Kier alpha value is -2.21. The van der Waals surface area contributed by atoms with Crippen LogP contribution >= 0.6 is 11.3 Å². The number of alkyl halides is 6. The second-order valence-electron chi connectivity index (χ2n) is 6.87. The first-order chi connectivity index (χ1) is 13.8. The molecule has 3 rings (SSSR count). The van der Waals surface area contributed by atoms with Gasteiger partial charge in [0.2, 0.25) is 5.91 Å². The molecule has 1 aromatic heterocycles. The molecule has 12 heteroatoms. The molecule has 0 spiro atoms. The largest absolute Gasteiger partial charge is 0.416 e. The van der Waals surface area contributed by atoms with E-state index in [4.69, 9.17) is 0 Å². The van der Waals surface area contributed by atoms with Crippen molar-refractivity contribution in [1.82, 2.24) is 9.88 Å². The number of benzene rings is 1. The highest BCUT2D eigenvalue weighted by Gasteiger charge is 2.46. The highest BCUT2D eigenvalue weighted by molar-refractivity contribution is 7.16. The summed E-state index contributed by atoms with van der Waals surface area (Å²) in [4.78, 5) is 16.8. The van der Waals surface area contributed by atoms with Crippen LogP contribution in [-0.2, 0) is 17.5 Å². The number of amides is 1. The van der Waals surface area contributed by atoms with Gasteiger partial charge in [-0.15, -0.1) is 0 Å². The summed E-state index contributed by atoms with van der Waals surface area (Å²) in [6.07, 6.45) is -9.04. The first kappa shape index (κ1) is 22.5. The van der Waals surface area contributed by atoms with Crippen molar-refractivity contribution in [2.45, 2.75) is 44.7 Å². The average Bonchev–Trinajstić information content (AvgIpc) is 3.20. The molecule has 1 N–H and O–H groups in total. The van der Waals surface area contributed by atoms with Gasteiger partial charge in [-0.2, -0.15) is 26.3 Å². The van der Waals surface area contributed by atoms with E-state index in [1.807, 2.05) is 0 Å². The van der Waals surface area contributed by atoms with E-state index in [1.165, 1.54) is 11.8 Å². The van der Waals surface area contributed by atoms with Crippen LogP contribution in [0, 0.1) is 5.82 Å². The van der Waals surface area contributed by atoms with Gasteiger partial charge in [-0.3, -0.25) is 9.69 Å². The van der Waals surface area contributed by atoms with E-state index in [0.717, 1.165) is 17.4 Å². The Labute approximate surface area is 170 Å². The molecule has 4 nitrogen and oxygen atoms in total. The molecular formula is C18H16F7N3OS. The summed E-state index contributed by atoms with van der Waals surface area (Å²) < 4.78 is 92.9. The van der Waals surface area contributed by atoms with E-state index in [9.17, 15) is 35.5 Å². The Morgan fingerprint density at radius 3 is 2.53 bits per heavy atom. The Kier molecular flexibility index (Phi) is 6.10. The van der Waals surface area contributed by atoms with Gasteiger partial charge in [-0.1, -0.05) is 11.3 Å². The fourth-order valence-electron chi connectivity index (χ4n) is 3.35. The minimum Gasteiger partial charge on any atom is -0.302 e. The van der Waals surface area contributed by atoms with Crippen molar-refractivity contribution in [1.29, 1.82) is 0 Å². The minimum atomic E-state index is -4.82. The lowest BCUT2D eigenvalue weighted by Gasteiger charge is -2.26. The lowest BCUT2D eigenvalue weighted by molar-refractivity contribution is -0.177. The topological polar surface area (TPSA) is 45.2 Å². The molecule has 1 amide bonds. The van der Waals surface area contributed by atoms with Gasteiger partial charge in [-0.05, 0) is 37.6 Å². The quantitative estimate of drug-likeness (QED) is 0.624. The van der Waals surface area contributed by atoms with Crippen LogP contribution in [0.2, 0.25) is 0 Å². The molecule has 1 atom stereocenters.